The van der Waals surface area contributed by atoms with E-state index < -0.39 is 0 Å². The molecule has 5 nitrogen and oxygen atoms in total. The van der Waals surface area contributed by atoms with E-state index in [2.05, 4.69) is 180 Å². The molecule has 0 amide bonds. The van der Waals surface area contributed by atoms with Gasteiger partial charge in [0.2, 0.25) is 0 Å². The molecule has 4 heterocycles. The average Bonchev–Trinajstić information content (AvgIpc) is 4.14. The van der Waals surface area contributed by atoms with Gasteiger partial charge >= 0.3 is 0 Å². The van der Waals surface area contributed by atoms with E-state index in [0.29, 0.717) is 16.9 Å². The number of nitrogens with zero attached hydrogens (tertiary/aromatic N) is 5. The lowest BCUT2D eigenvalue weighted by Crippen LogP contribution is -2.17. The Hall–Kier alpha value is -9.25. The Labute approximate surface area is 419 Å². The molecule has 10 aromatic carbocycles. The number of fused-ring (bicyclic) bond motifs is 12. The SMILES string of the molecule is Cc1c(C)c(C)c(-c2c(-n3c4ccccc4c4cc(F)ccc43)c(-n3c4ccccc4c4ccccc43)c(C#N)c(-n3c4ccccc4c4ccccc43)c2-n2c3ccccc3c3cc(F)ccc32)c(C)c1C. The maximum absolute atomic E-state index is 15.9. The van der Waals surface area contributed by atoms with Crippen molar-refractivity contribution in [3.05, 3.63) is 227 Å². The van der Waals surface area contributed by atoms with E-state index in [1.54, 1.807) is 12.1 Å². The molecular formula is C66H45F2N5. The minimum absolute atomic E-state index is 0.340. The molecule has 0 N–H and O–H groups in total. The summed E-state index contributed by atoms with van der Waals surface area (Å²) in [7, 11) is 0. The zero-order valence-electron chi connectivity index (χ0n) is 40.8. The van der Waals surface area contributed by atoms with Crippen LogP contribution in [0.25, 0.3) is 121 Å². The third kappa shape index (κ3) is 5.75. The van der Waals surface area contributed by atoms with E-state index in [4.69, 9.17) is 0 Å². The van der Waals surface area contributed by atoms with Gasteiger partial charge in [-0.05, 0) is 141 Å². The molecule has 0 aliphatic rings. The fourth-order valence-electron chi connectivity index (χ4n) is 12.5. The molecule has 0 aliphatic carbocycles. The molecule has 73 heavy (non-hydrogen) atoms. The minimum Gasteiger partial charge on any atom is -0.306 e. The molecule has 0 radical (unpaired) electrons. The standard InChI is InChI=1S/C66H45F2N5/c1-37-38(2)40(4)61(41(5)39(37)3)62-65(72-57-28-16-10-22-48(57)50-34-42(67)30-32-59(50)72)63(70-53-24-12-6-18-44(53)45-19-7-13-25-54(45)70)52(36-69)64(71-55-26-14-8-20-46(55)47-21-9-15-27-56(47)71)66(62)73-58-29-17-11-23-49(58)51-35-43(68)31-33-60(51)73/h6-35H,1-5H3. The van der Waals surface area contributed by atoms with Crippen molar-refractivity contribution in [1.82, 2.24) is 18.3 Å². The van der Waals surface area contributed by atoms with Gasteiger partial charge in [0.05, 0.1) is 66.9 Å². The van der Waals surface area contributed by atoms with Gasteiger partial charge in [0.25, 0.3) is 0 Å². The molecule has 0 unspecified atom stereocenters. The lowest BCUT2D eigenvalue weighted by Gasteiger charge is -2.31. The zero-order valence-corrected chi connectivity index (χ0v) is 40.8. The number of hydrogen-bond acceptors (Lipinski definition) is 1. The van der Waals surface area contributed by atoms with Crippen molar-refractivity contribution in [1.29, 1.82) is 5.26 Å². The highest BCUT2D eigenvalue weighted by molar-refractivity contribution is 6.17. The maximum atomic E-state index is 15.9. The average molecular weight is 946 g/mol. The Kier molecular flexibility index (Phi) is 9.12. The summed E-state index contributed by atoms with van der Waals surface area (Å²) in [6, 6.07) is 63.2. The van der Waals surface area contributed by atoms with E-state index in [-0.39, 0.29) is 11.6 Å². The topological polar surface area (TPSA) is 43.5 Å². The molecule has 0 atom stereocenters. The van der Waals surface area contributed by atoms with Crippen LogP contribution in [0.4, 0.5) is 8.78 Å². The summed E-state index contributed by atoms with van der Waals surface area (Å²) < 4.78 is 40.9. The van der Waals surface area contributed by atoms with Crippen LogP contribution < -0.4 is 0 Å². The van der Waals surface area contributed by atoms with Crippen LogP contribution >= 0.6 is 0 Å². The summed E-state index contributed by atoms with van der Waals surface area (Å²) in [5.41, 5.74) is 17.8. The van der Waals surface area contributed by atoms with E-state index in [0.717, 1.165) is 132 Å². The summed E-state index contributed by atoms with van der Waals surface area (Å²) in [6.07, 6.45) is 0. The van der Waals surface area contributed by atoms with Crippen LogP contribution in [-0.4, -0.2) is 18.3 Å². The molecule has 0 aliphatic heterocycles. The van der Waals surface area contributed by atoms with E-state index in [9.17, 15) is 5.26 Å². The first-order valence-corrected chi connectivity index (χ1v) is 24.7. The summed E-state index contributed by atoms with van der Waals surface area (Å²) in [5.74, 6) is -0.681. The Balaban J connectivity index is 1.40. The molecule has 4 aromatic heterocycles. The smallest absolute Gasteiger partial charge is 0.123 e. The summed E-state index contributed by atoms with van der Waals surface area (Å²) >= 11 is 0. The van der Waals surface area contributed by atoms with Crippen LogP contribution in [0, 0.1) is 57.6 Å². The molecule has 0 saturated heterocycles. The number of nitriles is 1. The Morgan fingerprint density at radius 1 is 0.301 bits per heavy atom. The fraction of sp³-hybridized carbons (Fsp3) is 0.0758. The molecule has 348 valence electrons. The van der Waals surface area contributed by atoms with Gasteiger partial charge in [-0.25, -0.2) is 8.78 Å². The van der Waals surface area contributed by atoms with Crippen molar-refractivity contribution in [2.24, 2.45) is 0 Å². The quantitative estimate of drug-likeness (QED) is 0.170. The van der Waals surface area contributed by atoms with Gasteiger partial charge in [0.15, 0.2) is 0 Å². The Morgan fingerprint density at radius 3 is 0.877 bits per heavy atom. The summed E-state index contributed by atoms with van der Waals surface area (Å²) in [4.78, 5) is 0. The van der Waals surface area contributed by atoms with Crippen LogP contribution in [0.1, 0.15) is 33.4 Å². The van der Waals surface area contributed by atoms with Crippen molar-refractivity contribution in [2.45, 2.75) is 34.6 Å². The van der Waals surface area contributed by atoms with Crippen molar-refractivity contribution in [3.63, 3.8) is 0 Å². The lowest BCUT2D eigenvalue weighted by atomic mass is 9.83. The number of para-hydroxylation sites is 6. The number of hydrogen-bond donors (Lipinski definition) is 0. The zero-order chi connectivity index (χ0) is 49.6. The van der Waals surface area contributed by atoms with Crippen molar-refractivity contribution in [2.75, 3.05) is 0 Å². The third-order valence-corrected chi connectivity index (χ3v) is 16.1. The highest BCUT2D eigenvalue weighted by Gasteiger charge is 2.36. The highest BCUT2D eigenvalue weighted by atomic mass is 19.1. The minimum atomic E-state index is -0.340. The number of aromatic nitrogens is 4. The van der Waals surface area contributed by atoms with E-state index >= 15 is 8.78 Å². The van der Waals surface area contributed by atoms with Gasteiger partial charge in [-0.15, -0.1) is 0 Å². The second kappa shape index (κ2) is 15.6. The monoisotopic (exact) mass is 945 g/mol. The largest absolute Gasteiger partial charge is 0.306 e. The molecule has 0 saturated carbocycles. The van der Waals surface area contributed by atoms with Crippen LogP contribution in [-0.2, 0) is 0 Å². The molecule has 14 rings (SSSR count). The highest BCUT2D eigenvalue weighted by Crippen LogP contribution is 2.53. The van der Waals surface area contributed by atoms with E-state index in [1.807, 2.05) is 36.4 Å². The van der Waals surface area contributed by atoms with Crippen LogP contribution in [0.15, 0.2) is 182 Å². The predicted octanol–water partition coefficient (Wildman–Crippen LogP) is 17.4. The molecule has 0 bridgehead atoms. The predicted molar refractivity (Wildman–Crippen MR) is 298 cm³/mol. The van der Waals surface area contributed by atoms with Gasteiger partial charge < -0.3 is 18.3 Å². The Bertz CT molecular complexity index is 4380. The maximum Gasteiger partial charge on any atom is 0.123 e. The third-order valence-electron chi connectivity index (χ3n) is 16.1. The molecule has 14 aromatic rings. The van der Waals surface area contributed by atoms with Crippen molar-refractivity contribution in [3.8, 4) is 39.9 Å². The van der Waals surface area contributed by atoms with E-state index in [1.165, 1.54) is 17.7 Å². The van der Waals surface area contributed by atoms with Crippen LogP contribution in [0.2, 0.25) is 0 Å². The molecule has 7 heteroatoms. The van der Waals surface area contributed by atoms with Gasteiger partial charge in [0, 0.05) is 48.7 Å². The number of halogens is 2. The van der Waals surface area contributed by atoms with Gasteiger partial charge in [0.1, 0.15) is 23.3 Å². The fourth-order valence-corrected chi connectivity index (χ4v) is 12.5. The number of benzene rings is 10. The first-order valence-electron chi connectivity index (χ1n) is 24.7. The second-order valence-corrected chi connectivity index (χ2v) is 19.5. The van der Waals surface area contributed by atoms with Crippen LogP contribution in [0.5, 0.6) is 0 Å². The summed E-state index contributed by atoms with van der Waals surface area (Å²) in [5, 5.41) is 20.2. The Morgan fingerprint density at radius 2 is 0.562 bits per heavy atom. The van der Waals surface area contributed by atoms with Gasteiger partial charge in [-0.1, -0.05) is 109 Å². The van der Waals surface area contributed by atoms with Crippen molar-refractivity contribution < 1.29 is 8.78 Å². The molecule has 0 spiro atoms. The number of rotatable bonds is 5. The second-order valence-electron chi connectivity index (χ2n) is 19.5. The normalized spacial score (nSPS) is 12.0. The van der Waals surface area contributed by atoms with Crippen LogP contribution in [0.3, 0.4) is 0 Å². The van der Waals surface area contributed by atoms with Gasteiger partial charge in [-0.3, -0.25) is 0 Å². The summed E-state index contributed by atoms with van der Waals surface area (Å²) in [6.45, 7) is 11.1. The molecule has 0 fully saturated rings. The molecular weight excluding hydrogens is 901 g/mol. The first kappa shape index (κ1) is 42.6. The van der Waals surface area contributed by atoms with Gasteiger partial charge in [-0.2, -0.15) is 5.26 Å². The lowest BCUT2D eigenvalue weighted by molar-refractivity contribution is 0.629. The van der Waals surface area contributed by atoms with Crippen molar-refractivity contribution >= 4 is 87.2 Å². The first-order chi connectivity index (χ1) is 35.7.